The van der Waals surface area contributed by atoms with Crippen LogP contribution in [0.25, 0.3) is 0 Å². The summed E-state index contributed by atoms with van der Waals surface area (Å²) in [6.07, 6.45) is -2.66. The monoisotopic (exact) mass is 456 g/mol. The van der Waals surface area contributed by atoms with Gasteiger partial charge in [0.05, 0.1) is 23.7 Å². The van der Waals surface area contributed by atoms with Crippen molar-refractivity contribution in [1.82, 2.24) is 0 Å². The SMILES string of the molecule is C=C(C)[C@@H]1[C@@H](C)[C@H](OC)[C@@H](C)C(=O)O[C@H](CC)[C@@](C)(O)[C@H](O)[C@@H](C)C(=O)[C@H](C)C[C@@]1(C)O. The maximum Gasteiger partial charge on any atom is 0.311 e. The fourth-order valence-electron chi connectivity index (χ4n) is 5.76. The van der Waals surface area contributed by atoms with E-state index in [4.69, 9.17) is 9.47 Å². The maximum absolute atomic E-state index is 13.2. The van der Waals surface area contributed by atoms with Gasteiger partial charge in [0.1, 0.15) is 17.5 Å². The number of carbonyl (C=O) groups is 2. The van der Waals surface area contributed by atoms with Gasteiger partial charge in [0.25, 0.3) is 0 Å². The van der Waals surface area contributed by atoms with Gasteiger partial charge in [-0.3, -0.25) is 9.59 Å². The molecule has 1 saturated heterocycles. The summed E-state index contributed by atoms with van der Waals surface area (Å²) >= 11 is 0. The topological polar surface area (TPSA) is 113 Å². The molecule has 1 aliphatic heterocycles. The first-order chi connectivity index (χ1) is 14.5. The molecule has 0 amide bonds. The minimum atomic E-state index is -1.83. The molecule has 1 fully saturated rings. The van der Waals surface area contributed by atoms with Crippen LogP contribution in [0.2, 0.25) is 0 Å². The molecule has 0 aromatic heterocycles. The molecule has 186 valence electrons. The Hall–Kier alpha value is -1.28. The van der Waals surface area contributed by atoms with E-state index in [-0.39, 0.29) is 24.5 Å². The van der Waals surface area contributed by atoms with Crippen LogP contribution in [0, 0.1) is 29.6 Å². The van der Waals surface area contributed by atoms with Crippen molar-refractivity contribution in [2.75, 3.05) is 7.11 Å². The number of Topliss-reactive ketones (excluding diaryl/α,β-unsaturated/α-hetero) is 1. The van der Waals surface area contributed by atoms with Gasteiger partial charge in [-0.2, -0.15) is 0 Å². The molecular weight excluding hydrogens is 412 g/mol. The van der Waals surface area contributed by atoms with Crippen LogP contribution in [-0.2, 0) is 19.1 Å². The van der Waals surface area contributed by atoms with Crippen LogP contribution in [0.4, 0.5) is 0 Å². The number of ether oxygens (including phenoxy) is 2. The van der Waals surface area contributed by atoms with Gasteiger partial charge in [-0.25, -0.2) is 0 Å². The zero-order chi connectivity index (χ0) is 25.2. The van der Waals surface area contributed by atoms with Crippen LogP contribution in [0.5, 0.6) is 0 Å². The Balaban J connectivity index is 3.61. The highest BCUT2D eigenvalue weighted by Crippen LogP contribution is 2.40. The van der Waals surface area contributed by atoms with Crippen molar-refractivity contribution in [3.63, 3.8) is 0 Å². The fourth-order valence-corrected chi connectivity index (χ4v) is 5.76. The molecule has 32 heavy (non-hydrogen) atoms. The summed E-state index contributed by atoms with van der Waals surface area (Å²) in [5.41, 5.74) is -2.43. The summed E-state index contributed by atoms with van der Waals surface area (Å²) in [5.74, 6) is -3.82. The Morgan fingerprint density at radius 3 is 2.12 bits per heavy atom. The molecule has 0 spiro atoms. The minimum absolute atomic E-state index is 0.138. The Bertz CT molecular complexity index is 684. The summed E-state index contributed by atoms with van der Waals surface area (Å²) in [7, 11) is 1.50. The molecule has 7 heteroatoms. The van der Waals surface area contributed by atoms with Crippen molar-refractivity contribution in [1.29, 1.82) is 0 Å². The van der Waals surface area contributed by atoms with Gasteiger partial charge in [0, 0.05) is 24.9 Å². The van der Waals surface area contributed by atoms with E-state index in [0.29, 0.717) is 0 Å². The molecule has 0 bridgehead atoms. The molecule has 0 aromatic carbocycles. The molecule has 0 aromatic rings. The van der Waals surface area contributed by atoms with Crippen LogP contribution >= 0.6 is 0 Å². The lowest BCUT2D eigenvalue weighted by Crippen LogP contribution is -2.56. The standard InChI is InChI=1S/C25H44O7/c1-11-18-25(9,30)22(27)16(6)20(26)14(4)12-24(8,29)19(13(2)3)15(5)21(31-10)17(7)23(28)32-18/h14-19,21-22,27,29-30H,2,11-12H2,1,3-10H3/t14-,15-,16+,17-,18-,19-,21+,22-,24-,25-/m1/s1. The maximum atomic E-state index is 13.2. The molecule has 1 heterocycles. The smallest absolute Gasteiger partial charge is 0.311 e. The lowest BCUT2D eigenvalue weighted by molar-refractivity contribution is -0.194. The van der Waals surface area contributed by atoms with Gasteiger partial charge >= 0.3 is 5.97 Å². The first-order valence-corrected chi connectivity index (χ1v) is 11.6. The number of cyclic esters (lactones) is 1. The van der Waals surface area contributed by atoms with Crippen LogP contribution in [0.1, 0.15) is 68.2 Å². The highest BCUT2D eigenvalue weighted by Gasteiger charge is 2.49. The summed E-state index contributed by atoms with van der Waals surface area (Å²) < 4.78 is 11.4. The number of ketones is 1. The van der Waals surface area contributed by atoms with E-state index in [9.17, 15) is 24.9 Å². The number of hydrogen-bond acceptors (Lipinski definition) is 7. The Kier molecular flexibility index (Phi) is 9.67. The number of rotatable bonds is 3. The minimum Gasteiger partial charge on any atom is -0.459 e. The molecule has 0 unspecified atom stereocenters. The van der Waals surface area contributed by atoms with Gasteiger partial charge in [-0.1, -0.05) is 39.8 Å². The predicted molar refractivity (Wildman–Crippen MR) is 123 cm³/mol. The van der Waals surface area contributed by atoms with Gasteiger partial charge in [0.15, 0.2) is 0 Å². The van der Waals surface area contributed by atoms with E-state index < -0.39 is 59.2 Å². The van der Waals surface area contributed by atoms with E-state index in [1.165, 1.54) is 14.0 Å². The molecular formula is C25H44O7. The van der Waals surface area contributed by atoms with Crippen molar-refractivity contribution in [3.8, 4) is 0 Å². The molecule has 0 aliphatic carbocycles. The quantitative estimate of drug-likeness (QED) is 0.442. The molecule has 0 radical (unpaired) electrons. The summed E-state index contributed by atoms with van der Waals surface area (Å²) in [6.45, 7) is 17.5. The van der Waals surface area contributed by atoms with Crippen molar-refractivity contribution in [2.45, 2.75) is 97.7 Å². The second kappa shape index (κ2) is 10.8. The lowest BCUT2D eigenvalue weighted by Gasteiger charge is -2.44. The summed E-state index contributed by atoms with van der Waals surface area (Å²) in [6, 6.07) is 0. The van der Waals surface area contributed by atoms with Crippen molar-refractivity contribution in [2.24, 2.45) is 29.6 Å². The van der Waals surface area contributed by atoms with Crippen LogP contribution in [0.15, 0.2) is 12.2 Å². The first kappa shape index (κ1) is 28.8. The van der Waals surface area contributed by atoms with E-state index in [2.05, 4.69) is 6.58 Å². The average Bonchev–Trinajstić information content (AvgIpc) is 2.68. The Labute approximate surface area is 193 Å². The Morgan fingerprint density at radius 2 is 1.69 bits per heavy atom. The zero-order valence-electron chi connectivity index (χ0n) is 21.2. The molecule has 1 aliphatic rings. The number of esters is 1. The summed E-state index contributed by atoms with van der Waals surface area (Å²) in [4.78, 5) is 26.2. The third kappa shape index (κ3) is 5.79. The number of hydrogen-bond donors (Lipinski definition) is 3. The number of carbonyl (C=O) groups excluding carboxylic acids is 2. The average molecular weight is 457 g/mol. The number of methoxy groups -OCH3 is 1. The highest BCUT2D eigenvalue weighted by molar-refractivity contribution is 5.83. The van der Waals surface area contributed by atoms with Crippen LogP contribution in [-0.4, -0.2) is 63.7 Å². The lowest BCUT2D eigenvalue weighted by atomic mass is 9.68. The van der Waals surface area contributed by atoms with E-state index in [1.807, 2.05) is 13.8 Å². The van der Waals surface area contributed by atoms with Crippen LogP contribution < -0.4 is 0 Å². The fraction of sp³-hybridized carbons (Fsp3) is 0.840. The van der Waals surface area contributed by atoms with Crippen LogP contribution in [0.3, 0.4) is 0 Å². The van der Waals surface area contributed by atoms with Crippen molar-refractivity contribution < 1.29 is 34.4 Å². The molecule has 0 saturated carbocycles. The van der Waals surface area contributed by atoms with E-state index >= 15 is 0 Å². The normalized spacial score (nSPS) is 45.1. The van der Waals surface area contributed by atoms with Gasteiger partial charge in [-0.15, -0.1) is 0 Å². The first-order valence-electron chi connectivity index (χ1n) is 11.6. The highest BCUT2D eigenvalue weighted by atomic mass is 16.6. The summed E-state index contributed by atoms with van der Waals surface area (Å²) in [5, 5.41) is 33.5. The van der Waals surface area contributed by atoms with E-state index in [0.717, 1.165) is 5.57 Å². The number of aliphatic hydroxyl groups excluding tert-OH is 1. The predicted octanol–water partition coefficient (Wildman–Crippen LogP) is 2.90. The van der Waals surface area contributed by atoms with Gasteiger partial charge in [-0.05, 0) is 46.5 Å². The third-order valence-electron chi connectivity index (χ3n) is 7.39. The van der Waals surface area contributed by atoms with Crippen molar-refractivity contribution in [3.05, 3.63) is 12.2 Å². The van der Waals surface area contributed by atoms with Gasteiger partial charge in [0.2, 0.25) is 0 Å². The number of aliphatic hydroxyl groups is 3. The molecule has 1 rings (SSSR count). The second-order valence-corrected chi connectivity index (χ2v) is 10.3. The van der Waals surface area contributed by atoms with E-state index in [1.54, 1.807) is 34.6 Å². The molecule has 10 atom stereocenters. The van der Waals surface area contributed by atoms with Gasteiger partial charge < -0.3 is 24.8 Å². The largest absolute Gasteiger partial charge is 0.459 e. The second-order valence-electron chi connectivity index (χ2n) is 10.3. The third-order valence-corrected chi connectivity index (χ3v) is 7.39. The van der Waals surface area contributed by atoms with Crippen molar-refractivity contribution >= 4 is 11.8 Å². The molecule has 7 nitrogen and oxygen atoms in total. The molecule has 3 N–H and O–H groups in total. The Morgan fingerprint density at radius 1 is 1.16 bits per heavy atom. The zero-order valence-corrected chi connectivity index (χ0v) is 21.2.